The predicted molar refractivity (Wildman–Crippen MR) is 121 cm³/mol. The molecule has 0 unspecified atom stereocenters. The number of nitrogens with zero attached hydrogens (tertiary/aromatic N) is 3. The van der Waals surface area contributed by atoms with E-state index in [1.807, 2.05) is 61.5 Å². The Bertz CT molecular complexity index is 1280. The van der Waals surface area contributed by atoms with Crippen LogP contribution in [0.5, 0.6) is 11.5 Å². The molecule has 4 aromatic rings. The molecule has 0 N–H and O–H groups in total. The summed E-state index contributed by atoms with van der Waals surface area (Å²) in [5, 5.41) is 0.648. The van der Waals surface area contributed by atoms with Crippen molar-refractivity contribution in [2.45, 2.75) is 13.5 Å². The largest absolute Gasteiger partial charge is 0.454 e. The molecule has 5 rings (SSSR count). The number of hydrogen-bond acceptors (Lipinski definition) is 6. The number of carbonyl (C=O) groups excluding carboxylic acids is 1. The molecule has 3 heterocycles. The number of amides is 1. The SMILES string of the molecule is Cc1cccc2sc(N(Cc3ccccn3)C(=O)/C=C/c3ccc4c(c3)OCO4)nc12. The van der Waals surface area contributed by atoms with Gasteiger partial charge in [0.15, 0.2) is 16.6 Å². The van der Waals surface area contributed by atoms with Crippen LogP contribution < -0.4 is 14.4 Å². The minimum atomic E-state index is -0.167. The van der Waals surface area contributed by atoms with Crippen molar-refractivity contribution in [1.29, 1.82) is 0 Å². The van der Waals surface area contributed by atoms with Gasteiger partial charge in [-0.1, -0.05) is 35.6 Å². The summed E-state index contributed by atoms with van der Waals surface area (Å²) >= 11 is 1.50. The fourth-order valence-corrected chi connectivity index (χ4v) is 4.41. The molecule has 0 saturated carbocycles. The third-order valence-corrected chi connectivity index (χ3v) is 6.01. The summed E-state index contributed by atoms with van der Waals surface area (Å²) in [5.74, 6) is 1.23. The van der Waals surface area contributed by atoms with Crippen molar-refractivity contribution < 1.29 is 14.3 Å². The van der Waals surface area contributed by atoms with E-state index in [2.05, 4.69) is 4.98 Å². The first-order valence-corrected chi connectivity index (χ1v) is 10.6. The lowest BCUT2D eigenvalue weighted by molar-refractivity contribution is -0.114. The Morgan fingerprint density at radius 3 is 2.87 bits per heavy atom. The number of aryl methyl sites for hydroxylation is 1. The molecule has 6 nitrogen and oxygen atoms in total. The molecular formula is C24H19N3O3S. The van der Waals surface area contributed by atoms with Crippen molar-refractivity contribution in [2.75, 3.05) is 11.7 Å². The van der Waals surface area contributed by atoms with Crippen molar-refractivity contribution in [3.05, 3.63) is 83.7 Å². The quantitative estimate of drug-likeness (QED) is 0.419. The van der Waals surface area contributed by atoms with Gasteiger partial charge in [-0.3, -0.25) is 14.7 Å². The number of hydrogen-bond donors (Lipinski definition) is 0. The smallest absolute Gasteiger partial charge is 0.253 e. The number of ether oxygens (including phenoxy) is 2. The van der Waals surface area contributed by atoms with Crippen LogP contribution in [0.15, 0.2) is 66.9 Å². The molecular weight excluding hydrogens is 410 g/mol. The molecule has 0 fully saturated rings. The van der Waals surface area contributed by atoms with Gasteiger partial charge in [-0.05, 0) is 54.5 Å². The molecule has 31 heavy (non-hydrogen) atoms. The lowest BCUT2D eigenvalue weighted by atomic mass is 10.2. The molecule has 1 aliphatic rings. The molecule has 1 aliphatic heterocycles. The maximum atomic E-state index is 13.2. The zero-order valence-electron chi connectivity index (χ0n) is 16.8. The zero-order valence-corrected chi connectivity index (χ0v) is 17.6. The van der Waals surface area contributed by atoms with E-state index in [9.17, 15) is 4.79 Å². The summed E-state index contributed by atoms with van der Waals surface area (Å²) in [6, 6.07) is 17.3. The second-order valence-electron chi connectivity index (χ2n) is 7.11. The predicted octanol–water partition coefficient (Wildman–Crippen LogP) is 4.98. The minimum Gasteiger partial charge on any atom is -0.454 e. The Kier molecular flexibility index (Phi) is 5.09. The second-order valence-corrected chi connectivity index (χ2v) is 8.12. The average molecular weight is 430 g/mol. The van der Waals surface area contributed by atoms with Crippen LogP contribution >= 0.6 is 11.3 Å². The number of fused-ring (bicyclic) bond motifs is 2. The Balaban J connectivity index is 1.47. The summed E-state index contributed by atoms with van der Waals surface area (Å²) in [6.45, 7) is 2.58. The van der Waals surface area contributed by atoms with Crippen LogP contribution in [0.4, 0.5) is 5.13 Å². The van der Waals surface area contributed by atoms with Gasteiger partial charge in [-0.2, -0.15) is 0 Å². The molecule has 154 valence electrons. The highest BCUT2D eigenvalue weighted by Gasteiger charge is 2.20. The van der Waals surface area contributed by atoms with Crippen molar-refractivity contribution in [3.8, 4) is 11.5 Å². The van der Waals surface area contributed by atoms with Gasteiger partial charge >= 0.3 is 0 Å². The Morgan fingerprint density at radius 2 is 2.03 bits per heavy atom. The van der Waals surface area contributed by atoms with Gasteiger partial charge in [-0.15, -0.1) is 0 Å². The Hall–Kier alpha value is -3.71. The van der Waals surface area contributed by atoms with Crippen molar-refractivity contribution in [2.24, 2.45) is 0 Å². The van der Waals surface area contributed by atoms with Crippen LogP contribution in [0.1, 0.15) is 16.8 Å². The second kappa shape index (κ2) is 8.20. The molecule has 0 bridgehead atoms. The van der Waals surface area contributed by atoms with Crippen molar-refractivity contribution >= 4 is 38.7 Å². The van der Waals surface area contributed by atoms with Gasteiger partial charge in [0, 0.05) is 12.3 Å². The van der Waals surface area contributed by atoms with E-state index in [0.29, 0.717) is 23.2 Å². The Labute approximate surface area is 183 Å². The van der Waals surface area contributed by atoms with E-state index < -0.39 is 0 Å². The van der Waals surface area contributed by atoms with Gasteiger partial charge in [0.05, 0.1) is 22.5 Å². The molecule has 7 heteroatoms. The third-order valence-electron chi connectivity index (χ3n) is 4.97. The van der Waals surface area contributed by atoms with Crippen LogP contribution in [0.2, 0.25) is 0 Å². The molecule has 0 aliphatic carbocycles. The first kappa shape index (κ1) is 19.3. The minimum absolute atomic E-state index is 0.167. The normalized spacial score (nSPS) is 12.5. The topological polar surface area (TPSA) is 64.6 Å². The molecule has 2 aromatic carbocycles. The van der Waals surface area contributed by atoms with Crippen molar-refractivity contribution in [1.82, 2.24) is 9.97 Å². The summed E-state index contributed by atoms with van der Waals surface area (Å²) in [5.41, 5.74) is 3.65. The molecule has 0 spiro atoms. The monoisotopic (exact) mass is 429 g/mol. The summed E-state index contributed by atoms with van der Waals surface area (Å²) in [7, 11) is 0. The van der Waals surface area contributed by atoms with Crippen molar-refractivity contribution in [3.63, 3.8) is 0 Å². The summed E-state index contributed by atoms with van der Waals surface area (Å²) < 4.78 is 11.8. The molecule has 1 amide bonds. The van der Waals surface area contributed by atoms with E-state index in [4.69, 9.17) is 14.5 Å². The first-order chi connectivity index (χ1) is 15.2. The lowest BCUT2D eigenvalue weighted by Crippen LogP contribution is -2.29. The highest BCUT2D eigenvalue weighted by Crippen LogP contribution is 2.33. The zero-order chi connectivity index (χ0) is 21.2. The maximum Gasteiger partial charge on any atom is 0.253 e. The number of aromatic nitrogens is 2. The number of carbonyl (C=O) groups is 1. The van der Waals surface area contributed by atoms with E-state index in [0.717, 1.165) is 27.0 Å². The molecule has 0 radical (unpaired) electrons. The number of rotatable bonds is 5. The van der Waals surface area contributed by atoms with Gasteiger partial charge in [0.25, 0.3) is 5.91 Å². The number of thiazole rings is 1. The standard InChI is InChI=1S/C24H19N3O3S/c1-16-5-4-7-21-23(16)26-24(31-21)27(14-18-6-2-3-12-25-18)22(28)11-9-17-8-10-19-20(13-17)30-15-29-19/h2-13H,14-15H2,1H3/b11-9+. The summed E-state index contributed by atoms with van der Waals surface area (Å²) in [6.07, 6.45) is 5.05. The van der Waals surface area contributed by atoms with Gasteiger partial charge in [-0.25, -0.2) is 4.98 Å². The molecule has 0 saturated heterocycles. The van der Waals surface area contributed by atoms with Gasteiger partial charge < -0.3 is 9.47 Å². The number of para-hydroxylation sites is 1. The van der Waals surface area contributed by atoms with Crippen LogP contribution in [-0.4, -0.2) is 22.7 Å². The maximum absolute atomic E-state index is 13.2. The highest BCUT2D eigenvalue weighted by atomic mass is 32.1. The fourth-order valence-electron chi connectivity index (χ4n) is 3.36. The van der Waals surface area contributed by atoms with Crippen LogP contribution in [0.25, 0.3) is 16.3 Å². The molecule has 2 aromatic heterocycles. The number of benzene rings is 2. The molecule has 0 atom stereocenters. The number of pyridine rings is 1. The fraction of sp³-hybridized carbons (Fsp3) is 0.125. The van der Waals surface area contributed by atoms with Crippen LogP contribution in [-0.2, 0) is 11.3 Å². The van der Waals surface area contributed by atoms with E-state index in [-0.39, 0.29) is 12.7 Å². The Morgan fingerprint density at radius 1 is 1.13 bits per heavy atom. The lowest BCUT2D eigenvalue weighted by Gasteiger charge is -2.17. The summed E-state index contributed by atoms with van der Waals surface area (Å²) in [4.78, 5) is 24.0. The highest BCUT2D eigenvalue weighted by molar-refractivity contribution is 7.22. The van der Waals surface area contributed by atoms with Crippen LogP contribution in [0.3, 0.4) is 0 Å². The van der Waals surface area contributed by atoms with E-state index in [1.54, 1.807) is 23.2 Å². The third kappa shape index (κ3) is 4.00. The number of anilines is 1. The van der Waals surface area contributed by atoms with E-state index in [1.165, 1.54) is 11.3 Å². The van der Waals surface area contributed by atoms with Gasteiger partial charge in [0.2, 0.25) is 6.79 Å². The van der Waals surface area contributed by atoms with Gasteiger partial charge in [0.1, 0.15) is 0 Å². The van der Waals surface area contributed by atoms with Crippen LogP contribution in [0, 0.1) is 6.92 Å². The van der Waals surface area contributed by atoms with E-state index >= 15 is 0 Å². The first-order valence-electron chi connectivity index (χ1n) is 9.83. The average Bonchev–Trinajstić information content (AvgIpc) is 3.44.